The van der Waals surface area contributed by atoms with E-state index in [1.165, 1.54) is 37.1 Å². The van der Waals surface area contributed by atoms with E-state index in [-0.39, 0.29) is 34.9 Å². The van der Waals surface area contributed by atoms with Gasteiger partial charge in [-0.25, -0.2) is 9.78 Å². The standard InChI is InChI=1S/C19H19N5O4S2/c1-10(25)24(11-7-8-11)18-22-23-19(30-18)29-9-14(26)15(17(27)28-2)16-20-12-5-3-4-6-13(12)21-16/h3-6,11,26H,7-9H2,1-2H3,(H,20,21)/b15-14+. The third-order valence-corrected chi connectivity index (χ3v) is 6.56. The van der Waals surface area contributed by atoms with Gasteiger partial charge in [-0.1, -0.05) is 35.2 Å². The summed E-state index contributed by atoms with van der Waals surface area (Å²) < 4.78 is 5.42. The Labute approximate surface area is 180 Å². The Morgan fingerprint density at radius 2 is 2.10 bits per heavy atom. The van der Waals surface area contributed by atoms with E-state index in [9.17, 15) is 14.7 Å². The maximum absolute atomic E-state index is 12.3. The number of fused-ring (bicyclic) bond motifs is 1. The average molecular weight is 446 g/mol. The second kappa shape index (κ2) is 8.44. The number of aliphatic hydroxyl groups is 1. The maximum atomic E-state index is 12.3. The number of para-hydroxylation sites is 2. The molecule has 2 aromatic heterocycles. The lowest BCUT2D eigenvalue weighted by molar-refractivity contribution is -0.133. The minimum atomic E-state index is -0.693. The predicted octanol–water partition coefficient (Wildman–Crippen LogP) is 3.16. The van der Waals surface area contributed by atoms with Crippen molar-refractivity contribution < 1.29 is 19.4 Å². The summed E-state index contributed by atoms with van der Waals surface area (Å²) in [7, 11) is 1.25. The molecule has 9 nitrogen and oxygen atoms in total. The van der Waals surface area contributed by atoms with Crippen molar-refractivity contribution in [3.05, 3.63) is 35.8 Å². The van der Waals surface area contributed by atoms with Crippen LogP contribution in [0.5, 0.6) is 0 Å². The van der Waals surface area contributed by atoms with Crippen LogP contribution in [0.2, 0.25) is 0 Å². The number of imidazole rings is 1. The summed E-state index contributed by atoms with van der Waals surface area (Å²) in [4.78, 5) is 33.3. The zero-order chi connectivity index (χ0) is 21.3. The van der Waals surface area contributed by atoms with Crippen LogP contribution in [0, 0.1) is 0 Å². The van der Waals surface area contributed by atoms with Crippen LogP contribution in [-0.4, -0.2) is 56.1 Å². The van der Waals surface area contributed by atoms with Gasteiger partial charge in [-0.15, -0.1) is 10.2 Å². The number of ether oxygens (including phenoxy) is 1. The number of hydrogen-bond donors (Lipinski definition) is 2. The Kier molecular flexibility index (Phi) is 5.73. The van der Waals surface area contributed by atoms with Gasteiger partial charge in [-0.2, -0.15) is 0 Å². The number of benzene rings is 1. The van der Waals surface area contributed by atoms with Gasteiger partial charge in [0.15, 0.2) is 4.34 Å². The van der Waals surface area contributed by atoms with Gasteiger partial charge in [0, 0.05) is 13.0 Å². The lowest BCUT2D eigenvalue weighted by Crippen LogP contribution is -2.30. The topological polar surface area (TPSA) is 121 Å². The number of carbonyl (C=O) groups excluding carboxylic acids is 2. The molecule has 1 aromatic carbocycles. The van der Waals surface area contributed by atoms with Crippen LogP contribution in [0.3, 0.4) is 0 Å². The van der Waals surface area contributed by atoms with Crippen LogP contribution in [0.4, 0.5) is 5.13 Å². The fourth-order valence-electron chi connectivity index (χ4n) is 2.97. The molecular formula is C19H19N5O4S2. The van der Waals surface area contributed by atoms with Crippen molar-refractivity contribution in [1.29, 1.82) is 0 Å². The molecule has 0 aliphatic heterocycles. The van der Waals surface area contributed by atoms with E-state index in [4.69, 9.17) is 4.74 Å². The molecule has 156 valence electrons. The van der Waals surface area contributed by atoms with Crippen LogP contribution in [0.1, 0.15) is 25.6 Å². The zero-order valence-corrected chi connectivity index (χ0v) is 17.9. The molecule has 3 aromatic rings. The first-order valence-electron chi connectivity index (χ1n) is 9.19. The summed E-state index contributed by atoms with van der Waals surface area (Å²) in [5, 5.41) is 19.4. The first-order chi connectivity index (χ1) is 14.5. The van der Waals surface area contributed by atoms with Gasteiger partial charge in [0.25, 0.3) is 0 Å². The van der Waals surface area contributed by atoms with Crippen LogP contribution < -0.4 is 4.90 Å². The molecule has 0 spiro atoms. The van der Waals surface area contributed by atoms with Gasteiger partial charge in [0.2, 0.25) is 11.0 Å². The molecule has 0 atom stereocenters. The van der Waals surface area contributed by atoms with Gasteiger partial charge >= 0.3 is 5.97 Å². The molecule has 1 saturated carbocycles. The molecule has 2 heterocycles. The summed E-state index contributed by atoms with van der Waals surface area (Å²) in [5.74, 6) is -0.643. The number of aromatic nitrogens is 4. The number of aliphatic hydroxyl groups excluding tert-OH is 1. The third kappa shape index (κ3) is 4.17. The van der Waals surface area contributed by atoms with E-state index in [1.807, 2.05) is 18.2 Å². The highest BCUT2D eigenvalue weighted by atomic mass is 32.2. The highest BCUT2D eigenvalue weighted by molar-refractivity contribution is 8.01. The predicted molar refractivity (Wildman–Crippen MR) is 114 cm³/mol. The quantitative estimate of drug-likeness (QED) is 0.187. The number of H-pyrrole nitrogens is 1. The number of nitrogens with one attached hydrogen (secondary N) is 1. The number of nitrogens with zero attached hydrogens (tertiary/aromatic N) is 4. The average Bonchev–Trinajstić information content (AvgIpc) is 3.28. The van der Waals surface area contributed by atoms with E-state index >= 15 is 0 Å². The monoisotopic (exact) mass is 445 g/mol. The minimum Gasteiger partial charge on any atom is -0.510 e. The number of hydrogen-bond acceptors (Lipinski definition) is 9. The Morgan fingerprint density at radius 1 is 1.33 bits per heavy atom. The second-order valence-corrected chi connectivity index (χ2v) is 8.85. The molecule has 0 bridgehead atoms. The van der Waals surface area contributed by atoms with E-state index in [0.29, 0.717) is 15.0 Å². The molecule has 0 saturated heterocycles. The molecule has 11 heteroatoms. The smallest absolute Gasteiger partial charge is 0.345 e. The highest BCUT2D eigenvalue weighted by Gasteiger charge is 2.34. The van der Waals surface area contributed by atoms with Crippen LogP contribution in [0.25, 0.3) is 16.6 Å². The fraction of sp³-hybridized carbons (Fsp3) is 0.316. The molecule has 0 radical (unpaired) electrons. The fourth-order valence-corrected chi connectivity index (χ4v) is 4.80. The summed E-state index contributed by atoms with van der Waals surface area (Å²) in [5.41, 5.74) is 1.38. The number of methoxy groups -OCH3 is 1. The Balaban J connectivity index is 1.55. The Bertz CT molecular complexity index is 1100. The Morgan fingerprint density at radius 3 is 2.77 bits per heavy atom. The number of thioether (sulfide) groups is 1. The first-order valence-corrected chi connectivity index (χ1v) is 11.0. The molecule has 30 heavy (non-hydrogen) atoms. The third-order valence-electron chi connectivity index (χ3n) is 4.49. The van der Waals surface area contributed by atoms with Crippen LogP contribution >= 0.6 is 23.1 Å². The number of aromatic amines is 1. The molecule has 1 amide bonds. The van der Waals surface area contributed by atoms with Gasteiger partial charge < -0.3 is 14.8 Å². The molecule has 4 rings (SSSR count). The van der Waals surface area contributed by atoms with E-state index in [0.717, 1.165) is 18.4 Å². The van der Waals surface area contributed by atoms with Crippen molar-refractivity contribution in [2.24, 2.45) is 0 Å². The Hall–Kier alpha value is -2.92. The number of anilines is 1. The summed E-state index contributed by atoms with van der Waals surface area (Å²) in [6.07, 6.45) is 1.93. The van der Waals surface area contributed by atoms with Crippen molar-refractivity contribution in [3.63, 3.8) is 0 Å². The summed E-state index contributed by atoms with van der Waals surface area (Å²) >= 11 is 2.50. The molecule has 2 N–H and O–H groups in total. The van der Waals surface area contributed by atoms with Crippen LogP contribution in [0.15, 0.2) is 34.4 Å². The number of carbonyl (C=O) groups is 2. The van der Waals surface area contributed by atoms with E-state index in [1.54, 1.807) is 11.0 Å². The maximum Gasteiger partial charge on any atom is 0.345 e. The summed E-state index contributed by atoms with van der Waals surface area (Å²) in [6, 6.07) is 7.51. The largest absolute Gasteiger partial charge is 0.510 e. The van der Waals surface area contributed by atoms with Crippen molar-refractivity contribution in [2.75, 3.05) is 17.8 Å². The van der Waals surface area contributed by atoms with Crippen molar-refractivity contribution in [2.45, 2.75) is 30.1 Å². The van der Waals surface area contributed by atoms with Gasteiger partial charge in [0.05, 0.1) is 23.9 Å². The van der Waals surface area contributed by atoms with Gasteiger partial charge in [-0.05, 0) is 25.0 Å². The summed E-state index contributed by atoms with van der Waals surface area (Å²) in [6.45, 7) is 1.51. The normalized spacial score (nSPS) is 14.5. The lowest BCUT2D eigenvalue weighted by atomic mass is 10.2. The minimum absolute atomic E-state index is 0.0331. The number of amides is 1. The molecule has 1 aliphatic carbocycles. The van der Waals surface area contributed by atoms with Gasteiger partial charge in [-0.3, -0.25) is 9.69 Å². The van der Waals surface area contributed by atoms with Gasteiger partial charge in [0.1, 0.15) is 17.2 Å². The second-order valence-electron chi connectivity index (χ2n) is 6.68. The zero-order valence-electron chi connectivity index (χ0n) is 16.3. The molecular weight excluding hydrogens is 426 g/mol. The van der Waals surface area contributed by atoms with E-state index in [2.05, 4.69) is 20.2 Å². The SMILES string of the molecule is COC(=O)/C(=C(/O)CSc1nnc(N(C(C)=O)C2CC2)s1)c1nc2ccccc2[nH]1. The lowest BCUT2D eigenvalue weighted by Gasteiger charge is -2.15. The highest BCUT2D eigenvalue weighted by Crippen LogP contribution is 2.36. The molecule has 0 unspecified atom stereocenters. The first kappa shape index (κ1) is 20.4. The van der Waals surface area contributed by atoms with Crippen molar-refractivity contribution in [3.8, 4) is 0 Å². The van der Waals surface area contributed by atoms with Crippen molar-refractivity contribution in [1.82, 2.24) is 20.2 Å². The number of rotatable bonds is 7. The van der Waals surface area contributed by atoms with Crippen LogP contribution in [-0.2, 0) is 14.3 Å². The number of esters is 1. The van der Waals surface area contributed by atoms with Crippen molar-refractivity contribution >= 4 is 56.7 Å². The molecule has 1 fully saturated rings. The molecule has 1 aliphatic rings. The van der Waals surface area contributed by atoms with E-state index < -0.39 is 5.97 Å².